The van der Waals surface area contributed by atoms with Crippen LogP contribution in [0.25, 0.3) is 0 Å². The van der Waals surface area contributed by atoms with Crippen LogP contribution in [0.2, 0.25) is 0 Å². The van der Waals surface area contributed by atoms with Crippen LogP contribution in [0.15, 0.2) is 42.7 Å². The third-order valence-corrected chi connectivity index (χ3v) is 3.23. The molecule has 106 valence electrons. The molecule has 0 saturated carbocycles. The Balaban J connectivity index is 2.25. The van der Waals surface area contributed by atoms with E-state index in [1.165, 1.54) is 6.07 Å². The number of aromatic nitrogens is 1. The van der Waals surface area contributed by atoms with Crippen LogP contribution >= 0.6 is 11.6 Å². The zero-order chi connectivity index (χ0) is 14.8. The lowest BCUT2D eigenvalue weighted by atomic mass is 10.0. The Morgan fingerprint density at radius 1 is 1.10 bits per heavy atom. The Bertz CT molecular complexity index is 583. The molecule has 2 rings (SSSR count). The summed E-state index contributed by atoms with van der Waals surface area (Å²) < 4.78 is 51.1. The van der Waals surface area contributed by atoms with Crippen LogP contribution in [0.5, 0.6) is 0 Å². The van der Waals surface area contributed by atoms with Crippen molar-refractivity contribution in [3.63, 3.8) is 0 Å². The second-order valence-electron chi connectivity index (χ2n) is 4.26. The molecule has 0 aliphatic heterocycles. The predicted molar refractivity (Wildman–Crippen MR) is 67.9 cm³/mol. The van der Waals surface area contributed by atoms with E-state index in [-0.39, 0.29) is 5.56 Å². The molecule has 0 fully saturated rings. The summed E-state index contributed by atoms with van der Waals surface area (Å²) in [7, 11) is 0. The summed E-state index contributed by atoms with van der Waals surface area (Å²) in [5, 5.41) is -0.668. The van der Waals surface area contributed by atoms with Crippen molar-refractivity contribution in [2.45, 2.75) is 18.0 Å². The summed E-state index contributed by atoms with van der Waals surface area (Å²) in [5.74, 6) is -1.30. The highest BCUT2D eigenvalue weighted by Gasteiger charge is 2.34. The molecule has 0 spiro atoms. The maximum absolute atomic E-state index is 13.2. The summed E-state index contributed by atoms with van der Waals surface area (Å²) in [4.78, 5) is 3.84. The zero-order valence-electron chi connectivity index (χ0n) is 10.2. The fourth-order valence-electron chi connectivity index (χ4n) is 1.80. The van der Waals surface area contributed by atoms with Gasteiger partial charge >= 0.3 is 6.18 Å². The maximum Gasteiger partial charge on any atom is 0.419 e. The van der Waals surface area contributed by atoms with E-state index >= 15 is 0 Å². The minimum Gasteiger partial charge on any atom is -0.265 e. The standard InChI is InChI=1S/C14H10ClF4N/c15-12(7-9-3-5-20-6-4-9)10-1-2-13(16)11(8-10)14(17,18)19/h1-6,8,12H,7H2. The fourth-order valence-corrected chi connectivity index (χ4v) is 2.11. The van der Waals surface area contributed by atoms with Crippen LogP contribution in [-0.2, 0) is 12.6 Å². The summed E-state index contributed by atoms with van der Waals surface area (Å²) in [6.45, 7) is 0. The van der Waals surface area contributed by atoms with Gasteiger partial charge in [-0.3, -0.25) is 4.98 Å². The van der Waals surface area contributed by atoms with E-state index < -0.39 is 22.9 Å². The van der Waals surface area contributed by atoms with Gasteiger partial charge < -0.3 is 0 Å². The molecule has 20 heavy (non-hydrogen) atoms. The predicted octanol–water partition coefficient (Wildman–Crippen LogP) is 4.76. The van der Waals surface area contributed by atoms with Gasteiger partial charge in [-0.05, 0) is 41.8 Å². The van der Waals surface area contributed by atoms with Crippen molar-refractivity contribution in [2.75, 3.05) is 0 Å². The van der Waals surface area contributed by atoms with E-state index in [0.717, 1.165) is 17.7 Å². The van der Waals surface area contributed by atoms with Crippen molar-refractivity contribution >= 4 is 11.6 Å². The number of rotatable bonds is 3. The molecule has 1 atom stereocenters. The van der Waals surface area contributed by atoms with E-state index in [1.54, 1.807) is 24.5 Å². The highest BCUT2D eigenvalue weighted by Crippen LogP contribution is 2.34. The van der Waals surface area contributed by atoms with E-state index in [4.69, 9.17) is 11.6 Å². The summed E-state index contributed by atoms with van der Waals surface area (Å²) in [6, 6.07) is 6.27. The second kappa shape index (κ2) is 5.79. The van der Waals surface area contributed by atoms with E-state index in [2.05, 4.69) is 4.98 Å². The van der Waals surface area contributed by atoms with Gasteiger partial charge in [-0.1, -0.05) is 6.07 Å². The van der Waals surface area contributed by atoms with Crippen molar-refractivity contribution in [3.8, 4) is 0 Å². The average Bonchev–Trinajstić information content (AvgIpc) is 2.39. The first-order valence-corrected chi connectivity index (χ1v) is 6.21. The number of pyridine rings is 1. The largest absolute Gasteiger partial charge is 0.419 e. The van der Waals surface area contributed by atoms with E-state index in [0.29, 0.717) is 6.42 Å². The van der Waals surface area contributed by atoms with E-state index in [9.17, 15) is 17.6 Å². The molecule has 0 aliphatic rings. The molecule has 1 nitrogen and oxygen atoms in total. The quantitative estimate of drug-likeness (QED) is 0.588. The lowest BCUT2D eigenvalue weighted by Crippen LogP contribution is -2.09. The highest BCUT2D eigenvalue weighted by atomic mass is 35.5. The number of nitrogens with zero attached hydrogens (tertiary/aromatic N) is 1. The molecule has 0 saturated heterocycles. The topological polar surface area (TPSA) is 12.9 Å². The minimum absolute atomic E-state index is 0.234. The molecule has 1 aromatic carbocycles. The Labute approximate surface area is 118 Å². The summed E-state index contributed by atoms with van der Waals surface area (Å²) in [5.41, 5.74) is -0.217. The van der Waals surface area contributed by atoms with Crippen molar-refractivity contribution in [2.24, 2.45) is 0 Å². The zero-order valence-corrected chi connectivity index (χ0v) is 10.9. The van der Waals surface area contributed by atoms with Crippen molar-refractivity contribution in [1.82, 2.24) is 4.98 Å². The van der Waals surface area contributed by atoms with Crippen LogP contribution in [0, 0.1) is 5.82 Å². The first-order chi connectivity index (χ1) is 9.38. The van der Waals surface area contributed by atoms with Crippen LogP contribution in [0.3, 0.4) is 0 Å². The number of benzene rings is 1. The maximum atomic E-state index is 13.2. The van der Waals surface area contributed by atoms with Crippen LogP contribution in [0.1, 0.15) is 22.1 Å². The Morgan fingerprint density at radius 3 is 2.35 bits per heavy atom. The molecular formula is C14H10ClF4N. The molecule has 1 aromatic heterocycles. The Morgan fingerprint density at radius 2 is 1.75 bits per heavy atom. The number of alkyl halides is 4. The number of hydrogen-bond donors (Lipinski definition) is 0. The molecule has 0 amide bonds. The molecule has 2 aromatic rings. The fraction of sp³-hybridized carbons (Fsp3) is 0.214. The monoisotopic (exact) mass is 303 g/mol. The Hall–Kier alpha value is -1.62. The van der Waals surface area contributed by atoms with Crippen molar-refractivity contribution in [3.05, 3.63) is 65.2 Å². The minimum atomic E-state index is -4.73. The molecule has 0 radical (unpaired) electrons. The molecule has 6 heteroatoms. The molecular weight excluding hydrogens is 294 g/mol. The van der Waals surface area contributed by atoms with Crippen molar-refractivity contribution < 1.29 is 17.6 Å². The molecule has 1 unspecified atom stereocenters. The smallest absolute Gasteiger partial charge is 0.265 e. The van der Waals surface area contributed by atoms with Gasteiger partial charge in [0.1, 0.15) is 5.82 Å². The highest BCUT2D eigenvalue weighted by molar-refractivity contribution is 6.20. The van der Waals surface area contributed by atoms with Gasteiger partial charge in [0.25, 0.3) is 0 Å². The molecule has 0 aliphatic carbocycles. The third-order valence-electron chi connectivity index (χ3n) is 2.82. The first kappa shape index (κ1) is 14.8. The second-order valence-corrected chi connectivity index (χ2v) is 4.79. The van der Waals surface area contributed by atoms with Crippen molar-refractivity contribution in [1.29, 1.82) is 0 Å². The van der Waals surface area contributed by atoms with Gasteiger partial charge in [-0.2, -0.15) is 13.2 Å². The SMILES string of the molecule is Fc1ccc(C(Cl)Cc2ccncc2)cc1C(F)(F)F. The molecule has 1 heterocycles. The Kier molecular flexibility index (Phi) is 4.28. The van der Waals surface area contributed by atoms with Gasteiger partial charge in [0, 0.05) is 12.4 Å². The average molecular weight is 304 g/mol. The van der Waals surface area contributed by atoms with Crippen LogP contribution in [-0.4, -0.2) is 4.98 Å². The third kappa shape index (κ3) is 3.48. The number of halogens is 5. The normalized spacial score (nSPS) is 13.2. The van der Waals surface area contributed by atoms with Crippen LogP contribution < -0.4 is 0 Å². The van der Waals surface area contributed by atoms with Crippen LogP contribution in [0.4, 0.5) is 17.6 Å². The van der Waals surface area contributed by atoms with Gasteiger partial charge in [-0.15, -0.1) is 11.6 Å². The molecule has 0 bridgehead atoms. The number of hydrogen-bond acceptors (Lipinski definition) is 1. The lowest BCUT2D eigenvalue weighted by Gasteiger charge is -2.14. The van der Waals surface area contributed by atoms with Gasteiger partial charge in [0.05, 0.1) is 10.9 Å². The van der Waals surface area contributed by atoms with E-state index in [1.807, 2.05) is 0 Å². The van der Waals surface area contributed by atoms with Gasteiger partial charge in [0.2, 0.25) is 0 Å². The summed E-state index contributed by atoms with van der Waals surface area (Å²) in [6.07, 6.45) is -1.24. The first-order valence-electron chi connectivity index (χ1n) is 5.77. The lowest BCUT2D eigenvalue weighted by molar-refractivity contribution is -0.140. The summed E-state index contributed by atoms with van der Waals surface area (Å²) >= 11 is 6.10. The van der Waals surface area contributed by atoms with Gasteiger partial charge in [0.15, 0.2) is 0 Å². The van der Waals surface area contributed by atoms with Gasteiger partial charge in [-0.25, -0.2) is 4.39 Å². The molecule has 0 N–H and O–H groups in total.